The van der Waals surface area contributed by atoms with Crippen LogP contribution in [0.5, 0.6) is 0 Å². The van der Waals surface area contributed by atoms with Gasteiger partial charge in [0.15, 0.2) is 0 Å². The van der Waals surface area contributed by atoms with Gasteiger partial charge in [-0.3, -0.25) is 4.79 Å². The fourth-order valence-electron chi connectivity index (χ4n) is 0.979. The Morgan fingerprint density at radius 1 is 1.54 bits per heavy atom. The number of rotatable bonds is 7. The summed E-state index contributed by atoms with van der Waals surface area (Å²) in [5, 5.41) is 11.6. The third kappa shape index (κ3) is 9.30. The molecule has 0 aromatic carbocycles. The number of nitrogens with one attached hydrogen (secondary N) is 1. The summed E-state index contributed by atoms with van der Waals surface area (Å²) in [7, 11) is 4.06. The molecule has 0 aliphatic heterocycles. The first-order valence-electron chi connectivity index (χ1n) is 4.62. The average Bonchev–Trinajstić information content (AvgIpc) is 2.00. The van der Waals surface area contributed by atoms with Crippen molar-refractivity contribution in [3.8, 4) is 0 Å². The maximum atomic E-state index is 10.2. The summed E-state index contributed by atoms with van der Waals surface area (Å²) >= 11 is 0. The van der Waals surface area contributed by atoms with Gasteiger partial charge in [-0.25, -0.2) is 0 Å². The van der Waals surface area contributed by atoms with E-state index in [1.165, 1.54) is 0 Å². The first kappa shape index (κ1) is 12.4. The van der Waals surface area contributed by atoms with Gasteiger partial charge in [0.1, 0.15) is 0 Å². The molecule has 1 unspecified atom stereocenters. The van der Waals surface area contributed by atoms with Crippen LogP contribution in [0.1, 0.15) is 19.8 Å². The van der Waals surface area contributed by atoms with Crippen molar-refractivity contribution in [2.75, 3.05) is 27.2 Å². The molecule has 1 atom stereocenters. The molecular formula is C9H20N2O2. The minimum absolute atomic E-state index is 0.201. The Labute approximate surface area is 79.9 Å². The number of carbonyl (C=O) groups is 1. The van der Waals surface area contributed by atoms with E-state index < -0.39 is 5.97 Å². The lowest BCUT2D eigenvalue weighted by Crippen LogP contribution is -2.31. The monoisotopic (exact) mass is 188 g/mol. The van der Waals surface area contributed by atoms with Crippen molar-refractivity contribution >= 4 is 5.97 Å². The number of nitrogens with zero attached hydrogens (tertiary/aromatic N) is 1. The summed E-state index contributed by atoms with van der Waals surface area (Å²) in [5.74, 6) is -0.743. The number of carboxylic acid groups (broad SMARTS) is 1. The molecule has 78 valence electrons. The molecule has 0 bridgehead atoms. The van der Waals surface area contributed by atoms with Crippen molar-refractivity contribution in [1.82, 2.24) is 10.2 Å². The zero-order valence-electron chi connectivity index (χ0n) is 8.71. The lowest BCUT2D eigenvalue weighted by atomic mass is 10.2. The van der Waals surface area contributed by atoms with Crippen LogP contribution < -0.4 is 5.32 Å². The standard InChI is InChI=1S/C9H20N2O2/c1-8(5-7-11(2)3)10-6-4-9(12)13/h8,10H,4-7H2,1-3H3,(H,12,13). The number of aliphatic carboxylic acids is 1. The summed E-state index contributed by atoms with van der Waals surface area (Å²) in [4.78, 5) is 12.3. The van der Waals surface area contributed by atoms with Gasteiger partial charge in [0.25, 0.3) is 0 Å². The summed E-state index contributed by atoms with van der Waals surface area (Å²) in [5.41, 5.74) is 0. The molecule has 0 radical (unpaired) electrons. The fraction of sp³-hybridized carbons (Fsp3) is 0.889. The van der Waals surface area contributed by atoms with Crippen LogP contribution in [0, 0.1) is 0 Å². The second-order valence-corrected chi connectivity index (χ2v) is 3.59. The average molecular weight is 188 g/mol. The summed E-state index contributed by atoms with van der Waals surface area (Å²) in [6, 6.07) is 0.391. The van der Waals surface area contributed by atoms with Crippen LogP contribution in [0.15, 0.2) is 0 Å². The Morgan fingerprint density at radius 2 is 2.15 bits per heavy atom. The van der Waals surface area contributed by atoms with Gasteiger partial charge in [-0.15, -0.1) is 0 Å². The molecule has 0 aliphatic rings. The molecule has 0 aromatic rings. The fourth-order valence-corrected chi connectivity index (χ4v) is 0.979. The molecule has 0 rings (SSSR count). The van der Waals surface area contributed by atoms with Gasteiger partial charge >= 0.3 is 5.97 Å². The smallest absolute Gasteiger partial charge is 0.304 e. The molecule has 0 fully saturated rings. The zero-order valence-corrected chi connectivity index (χ0v) is 8.71. The Morgan fingerprint density at radius 3 is 2.62 bits per heavy atom. The van der Waals surface area contributed by atoms with Gasteiger partial charge < -0.3 is 15.3 Å². The minimum atomic E-state index is -0.743. The van der Waals surface area contributed by atoms with Crippen molar-refractivity contribution < 1.29 is 9.90 Å². The second kappa shape index (κ2) is 6.86. The Balaban J connectivity index is 3.29. The van der Waals surface area contributed by atoms with Crippen molar-refractivity contribution in [2.24, 2.45) is 0 Å². The molecular weight excluding hydrogens is 168 g/mol. The van der Waals surface area contributed by atoms with Crippen LogP contribution in [-0.2, 0) is 4.79 Å². The second-order valence-electron chi connectivity index (χ2n) is 3.59. The molecule has 0 spiro atoms. The quantitative estimate of drug-likeness (QED) is 0.607. The van der Waals surface area contributed by atoms with E-state index in [4.69, 9.17) is 5.11 Å². The highest BCUT2D eigenvalue weighted by Crippen LogP contribution is 1.92. The van der Waals surface area contributed by atoms with Crippen LogP contribution in [0.2, 0.25) is 0 Å². The van der Waals surface area contributed by atoms with Gasteiger partial charge in [-0.1, -0.05) is 0 Å². The normalized spacial score (nSPS) is 13.2. The lowest BCUT2D eigenvalue weighted by Gasteiger charge is -2.15. The highest BCUT2D eigenvalue weighted by molar-refractivity contribution is 5.66. The van der Waals surface area contributed by atoms with E-state index in [9.17, 15) is 4.79 Å². The number of carboxylic acids is 1. The van der Waals surface area contributed by atoms with Gasteiger partial charge in [0.2, 0.25) is 0 Å². The van der Waals surface area contributed by atoms with Crippen molar-refractivity contribution in [3.05, 3.63) is 0 Å². The Hall–Kier alpha value is -0.610. The predicted octanol–water partition coefficient (Wildman–Crippen LogP) is 0.391. The third-order valence-electron chi connectivity index (χ3n) is 1.84. The first-order chi connectivity index (χ1) is 6.02. The summed E-state index contributed by atoms with van der Waals surface area (Å²) in [6.07, 6.45) is 1.25. The largest absolute Gasteiger partial charge is 0.481 e. The number of hydrogen-bond donors (Lipinski definition) is 2. The molecule has 13 heavy (non-hydrogen) atoms. The van der Waals surface area contributed by atoms with Crippen molar-refractivity contribution in [2.45, 2.75) is 25.8 Å². The van der Waals surface area contributed by atoms with E-state index in [-0.39, 0.29) is 6.42 Å². The molecule has 0 amide bonds. The summed E-state index contributed by atoms with van der Waals surface area (Å²) < 4.78 is 0. The van der Waals surface area contributed by atoms with E-state index >= 15 is 0 Å². The van der Waals surface area contributed by atoms with Crippen LogP contribution >= 0.6 is 0 Å². The Bertz CT molecular complexity index is 149. The van der Waals surface area contributed by atoms with Crippen LogP contribution in [0.4, 0.5) is 0 Å². The van der Waals surface area contributed by atoms with Gasteiger partial charge in [0, 0.05) is 12.6 Å². The molecule has 0 saturated heterocycles. The Kier molecular flexibility index (Phi) is 6.54. The third-order valence-corrected chi connectivity index (χ3v) is 1.84. The van der Waals surface area contributed by atoms with Gasteiger partial charge in [-0.2, -0.15) is 0 Å². The van der Waals surface area contributed by atoms with Gasteiger partial charge in [-0.05, 0) is 34.0 Å². The highest BCUT2D eigenvalue weighted by Gasteiger charge is 2.02. The maximum absolute atomic E-state index is 10.2. The lowest BCUT2D eigenvalue weighted by molar-refractivity contribution is -0.136. The summed E-state index contributed by atoms with van der Waals surface area (Å²) in [6.45, 7) is 3.66. The van der Waals surface area contributed by atoms with E-state index in [0.29, 0.717) is 12.6 Å². The van der Waals surface area contributed by atoms with Crippen molar-refractivity contribution in [1.29, 1.82) is 0 Å². The van der Waals surface area contributed by atoms with E-state index in [0.717, 1.165) is 13.0 Å². The molecule has 0 aromatic heterocycles. The maximum Gasteiger partial charge on any atom is 0.304 e. The molecule has 0 aliphatic carbocycles. The molecule has 4 nitrogen and oxygen atoms in total. The zero-order chi connectivity index (χ0) is 10.3. The van der Waals surface area contributed by atoms with Crippen LogP contribution in [0.25, 0.3) is 0 Å². The van der Waals surface area contributed by atoms with E-state index in [2.05, 4.69) is 17.1 Å². The molecule has 4 heteroatoms. The topological polar surface area (TPSA) is 52.6 Å². The van der Waals surface area contributed by atoms with Crippen LogP contribution in [-0.4, -0.2) is 49.2 Å². The van der Waals surface area contributed by atoms with Crippen molar-refractivity contribution in [3.63, 3.8) is 0 Å². The SMILES string of the molecule is CC(CCN(C)C)NCCC(=O)O. The molecule has 0 heterocycles. The first-order valence-corrected chi connectivity index (χ1v) is 4.62. The molecule has 2 N–H and O–H groups in total. The predicted molar refractivity (Wildman–Crippen MR) is 52.9 cm³/mol. The van der Waals surface area contributed by atoms with E-state index in [1.54, 1.807) is 0 Å². The van der Waals surface area contributed by atoms with Gasteiger partial charge in [0.05, 0.1) is 6.42 Å². The van der Waals surface area contributed by atoms with E-state index in [1.807, 2.05) is 14.1 Å². The molecule has 0 saturated carbocycles. The highest BCUT2D eigenvalue weighted by atomic mass is 16.4. The number of hydrogen-bond acceptors (Lipinski definition) is 3. The van der Waals surface area contributed by atoms with Crippen LogP contribution in [0.3, 0.4) is 0 Å². The minimum Gasteiger partial charge on any atom is -0.481 e.